The van der Waals surface area contributed by atoms with Gasteiger partial charge in [-0.1, -0.05) is 11.6 Å². The minimum atomic E-state index is 0.0672. The lowest BCUT2D eigenvalue weighted by molar-refractivity contribution is 0.474. The molecule has 0 aliphatic rings. The molecule has 2 nitrogen and oxygen atoms in total. The molecule has 0 aliphatic heterocycles. The van der Waals surface area contributed by atoms with Gasteiger partial charge in [0.2, 0.25) is 0 Å². The predicted octanol–water partition coefficient (Wildman–Crippen LogP) is 4.63. The summed E-state index contributed by atoms with van der Waals surface area (Å²) in [6, 6.07) is 13.6. The van der Waals surface area contributed by atoms with Gasteiger partial charge in [-0.05, 0) is 84.0 Å². The quantitative estimate of drug-likeness (QED) is 0.777. The van der Waals surface area contributed by atoms with Crippen LogP contribution in [-0.4, -0.2) is 6.04 Å². The van der Waals surface area contributed by atoms with Gasteiger partial charge in [0, 0.05) is 14.6 Å². The van der Waals surface area contributed by atoms with Gasteiger partial charge in [0.25, 0.3) is 0 Å². The first-order chi connectivity index (χ1) is 9.04. The second kappa shape index (κ2) is 6.59. The molecule has 0 aliphatic carbocycles. The molecule has 0 heterocycles. The van der Waals surface area contributed by atoms with Crippen LogP contribution in [0.15, 0.2) is 42.5 Å². The van der Waals surface area contributed by atoms with E-state index in [1.807, 2.05) is 49.4 Å². The Labute approximate surface area is 132 Å². The van der Waals surface area contributed by atoms with E-state index in [1.165, 1.54) is 3.57 Å². The Morgan fingerprint density at radius 3 is 2.53 bits per heavy atom. The van der Waals surface area contributed by atoms with Gasteiger partial charge >= 0.3 is 0 Å². The highest BCUT2D eigenvalue weighted by Gasteiger charge is 2.08. The molecule has 0 aromatic heterocycles. The summed E-state index contributed by atoms with van der Waals surface area (Å²) >= 11 is 8.29. The highest BCUT2D eigenvalue weighted by atomic mass is 127. The van der Waals surface area contributed by atoms with Crippen LogP contribution in [0.5, 0.6) is 11.5 Å². The third kappa shape index (κ3) is 4.37. The van der Waals surface area contributed by atoms with Gasteiger partial charge in [-0.25, -0.2) is 0 Å². The van der Waals surface area contributed by atoms with Crippen molar-refractivity contribution >= 4 is 34.2 Å². The van der Waals surface area contributed by atoms with E-state index in [0.717, 1.165) is 23.5 Å². The monoisotopic (exact) mass is 387 g/mol. The predicted molar refractivity (Wildman–Crippen MR) is 88.0 cm³/mol. The summed E-state index contributed by atoms with van der Waals surface area (Å²) in [5.74, 6) is 1.62. The zero-order chi connectivity index (χ0) is 13.8. The molecule has 0 saturated carbocycles. The van der Waals surface area contributed by atoms with Crippen molar-refractivity contribution in [2.75, 3.05) is 0 Å². The maximum atomic E-state index is 6.03. The Bertz CT molecular complexity index is 555. The van der Waals surface area contributed by atoms with E-state index in [2.05, 4.69) is 22.6 Å². The van der Waals surface area contributed by atoms with Gasteiger partial charge < -0.3 is 10.5 Å². The van der Waals surface area contributed by atoms with Crippen LogP contribution >= 0.6 is 34.2 Å². The fraction of sp³-hybridized carbons (Fsp3) is 0.200. The van der Waals surface area contributed by atoms with Crippen molar-refractivity contribution in [2.24, 2.45) is 5.73 Å². The van der Waals surface area contributed by atoms with Crippen LogP contribution in [0.25, 0.3) is 0 Å². The molecule has 0 saturated heterocycles. The number of rotatable bonds is 4. The van der Waals surface area contributed by atoms with Crippen molar-refractivity contribution in [3.63, 3.8) is 0 Å². The summed E-state index contributed by atoms with van der Waals surface area (Å²) < 4.78 is 7.08. The Kier molecular flexibility index (Phi) is 5.07. The molecule has 0 radical (unpaired) electrons. The molecule has 100 valence electrons. The Hall–Kier alpha value is -0.780. The molecule has 2 aromatic rings. The van der Waals surface area contributed by atoms with Crippen molar-refractivity contribution in [2.45, 2.75) is 19.4 Å². The molecular formula is C15H15ClINO. The van der Waals surface area contributed by atoms with Crippen molar-refractivity contribution < 1.29 is 4.74 Å². The smallest absolute Gasteiger partial charge is 0.130 e. The molecule has 1 atom stereocenters. The third-order valence-electron chi connectivity index (χ3n) is 2.61. The minimum Gasteiger partial charge on any atom is -0.457 e. The van der Waals surface area contributed by atoms with Crippen molar-refractivity contribution in [3.8, 4) is 11.5 Å². The molecule has 4 heteroatoms. The molecule has 19 heavy (non-hydrogen) atoms. The maximum absolute atomic E-state index is 6.03. The van der Waals surface area contributed by atoms with Gasteiger partial charge in [-0.2, -0.15) is 0 Å². The number of ether oxygens (including phenoxy) is 1. The Morgan fingerprint density at radius 2 is 1.89 bits per heavy atom. The van der Waals surface area contributed by atoms with Gasteiger partial charge in [0.1, 0.15) is 11.5 Å². The molecule has 0 spiro atoms. The average molecular weight is 388 g/mol. The van der Waals surface area contributed by atoms with Gasteiger partial charge in [0.15, 0.2) is 0 Å². The normalized spacial score (nSPS) is 12.2. The second-order valence-electron chi connectivity index (χ2n) is 4.49. The van der Waals surface area contributed by atoms with E-state index in [-0.39, 0.29) is 6.04 Å². The molecule has 0 fully saturated rings. The largest absolute Gasteiger partial charge is 0.457 e. The first kappa shape index (κ1) is 14.6. The second-order valence-corrected chi connectivity index (χ2v) is 6.17. The molecule has 0 amide bonds. The number of benzene rings is 2. The number of hydrogen-bond donors (Lipinski definition) is 1. The van der Waals surface area contributed by atoms with Crippen LogP contribution in [-0.2, 0) is 6.42 Å². The first-order valence-corrected chi connectivity index (χ1v) is 7.47. The molecule has 2 aromatic carbocycles. The zero-order valence-electron chi connectivity index (χ0n) is 10.6. The highest BCUT2D eigenvalue weighted by Crippen LogP contribution is 2.29. The molecule has 2 rings (SSSR count). The summed E-state index contributed by atoms with van der Waals surface area (Å²) in [4.78, 5) is 0. The topological polar surface area (TPSA) is 35.2 Å². The van der Waals surface area contributed by atoms with E-state index < -0.39 is 0 Å². The van der Waals surface area contributed by atoms with Crippen LogP contribution in [0.1, 0.15) is 12.5 Å². The highest BCUT2D eigenvalue weighted by molar-refractivity contribution is 14.1. The van der Waals surface area contributed by atoms with Crippen molar-refractivity contribution in [1.82, 2.24) is 0 Å². The van der Waals surface area contributed by atoms with E-state index in [9.17, 15) is 0 Å². The Morgan fingerprint density at radius 1 is 1.21 bits per heavy atom. The van der Waals surface area contributed by atoms with Crippen LogP contribution in [0, 0.1) is 3.57 Å². The van der Waals surface area contributed by atoms with Gasteiger partial charge in [0.05, 0.1) is 0 Å². The lowest BCUT2D eigenvalue weighted by Gasteiger charge is -2.13. The summed E-state index contributed by atoms with van der Waals surface area (Å²) in [5, 5.41) is 0.700. The molecule has 1 unspecified atom stereocenters. The van der Waals surface area contributed by atoms with Crippen LogP contribution in [0.2, 0.25) is 5.02 Å². The molecule has 2 N–H and O–H groups in total. The Balaban J connectivity index is 2.26. The first-order valence-electron chi connectivity index (χ1n) is 6.02. The summed E-state index contributed by atoms with van der Waals surface area (Å²) in [6.45, 7) is 1.97. The van der Waals surface area contributed by atoms with Crippen LogP contribution in [0.4, 0.5) is 0 Å². The van der Waals surface area contributed by atoms with Crippen LogP contribution in [0.3, 0.4) is 0 Å². The maximum Gasteiger partial charge on any atom is 0.130 e. The minimum absolute atomic E-state index is 0.0672. The fourth-order valence-corrected chi connectivity index (χ4v) is 2.34. The zero-order valence-corrected chi connectivity index (χ0v) is 13.5. The van der Waals surface area contributed by atoms with Crippen molar-refractivity contribution in [1.29, 1.82) is 0 Å². The van der Waals surface area contributed by atoms with E-state index >= 15 is 0 Å². The number of nitrogens with two attached hydrogens (primary N) is 1. The summed E-state index contributed by atoms with van der Waals surface area (Å²) in [5.41, 5.74) is 6.89. The molecule has 0 bridgehead atoms. The van der Waals surface area contributed by atoms with Gasteiger partial charge in [-0.3, -0.25) is 0 Å². The molecular weight excluding hydrogens is 373 g/mol. The van der Waals surface area contributed by atoms with Crippen molar-refractivity contribution in [3.05, 3.63) is 56.6 Å². The summed E-state index contributed by atoms with van der Waals surface area (Å²) in [7, 11) is 0. The fourth-order valence-electron chi connectivity index (χ4n) is 1.78. The lowest BCUT2D eigenvalue weighted by atomic mass is 10.1. The van der Waals surface area contributed by atoms with Gasteiger partial charge in [-0.15, -0.1) is 0 Å². The third-order valence-corrected chi connectivity index (χ3v) is 3.56. The summed E-state index contributed by atoms with van der Waals surface area (Å²) in [6.07, 6.45) is 0.736. The lowest BCUT2D eigenvalue weighted by Crippen LogP contribution is -2.18. The number of halogens is 2. The van der Waals surface area contributed by atoms with E-state index in [0.29, 0.717) is 5.02 Å². The van der Waals surface area contributed by atoms with E-state index in [4.69, 9.17) is 22.1 Å². The standard InChI is InChI=1S/C15H15ClINO/c1-10(18)8-11-9-12(16)2-7-15(11)19-14-5-3-13(17)4-6-14/h2-7,9-10H,8,18H2,1H3. The van der Waals surface area contributed by atoms with E-state index in [1.54, 1.807) is 0 Å². The SMILES string of the molecule is CC(N)Cc1cc(Cl)ccc1Oc1ccc(I)cc1. The number of hydrogen-bond acceptors (Lipinski definition) is 2. The van der Waals surface area contributed by atoms with Crippen LogP contribution < -0.4 is 10.5 Å². The average Bonchev–Trinajstić information content (AvgIpc) is 2.34.